The van der Waals surface area contributed by atoms with Crippen LogP contribution in [0.5, 0.6) is 0 Å². The number of carbonyl (C=O) groups is 2. The summed E-state index contributed by atoms with van der Waals surface area (Å²) in [5.74, 6) is 0.582. The number of hydrazine groups is 1. The van der Waals surface area contributed by atoms with Crippen molar-refractivity contribution < 1.29 is 9.59 Å². The molecule has 1 aliphatic carbocycles. The highest BCUT2D eigenvalue weighted by Gasteiger charge is 2.28. The smallest absolute Gasteiger partial charge is 0.329 e. The monoisotopic (exact) mass is 362 g/mol. The van der Waals surface area contributed by atoms with Gasteiger partial charge in [0, 0.05) is 24.1 Å². The lowest BCUT2D eigenvalue weighted by molar-refractivity contribution is -0.120. The first-order valence-electron chi connectivity index (χ1n) is 9.79. The van der Waals surface area contributed by atoms with Gasteiger partial charge in [-0.2, -0.15) is 5.10 Å². The van der Waals surface area contributed by atoms with Crippen LogP contribution in [0.4, 0.5) is 10.6 Å². The van der Waals surface area contributed by atoms with Crippen LogP contribution in [-0.2, 0) is 17.9 Å². The number of aromatic amines is 1. The van der Waals surface area contributed by atoms with Gasteiger partial charge in [-0.25, -0.2) is 9.80 Å². The first kappa shape index (κ1) is 18.7. The molecule has 0 radical (unpaired) electrons. The Labute approximate surface area is 154 Å². The Morgan fingerprint density at radius 3 is 2.62 bits per heavy atom. The Morgan fingerprint density at radius 1 is 1.19 bits per heavy atom. The number of aromatic nitrogens is 2. The highest BCUT2D eigenvalue weighted by atomic mass is 16.2. The number of hydrogen-bond donors (Lipinski definition) is 4. The van der Waals surface area contributed by atoms with Crippen molar-refractivity contribution in [3.63, 3.8) is 0 Å². The van der Waals surface area contributed by atoms with Crippen molar-refractivity contribution in [3.8, 4) is 0 Å². The lowest BCUT2D eigenvalue weighted by Gasteiger charge is -2.25. The van der Waals surface area contributed by atoms with Crippen molar-refractivity contribution in [1.82, 2.24) is 25.9 Å². The first-order valence-corrected chi connectivity index (χ1v) is 9.79. The van der Waals surface area contributed by atoms with Crippen LogP contribution in [0.1, 0.15) is 70.1 Å². The van der Waals surface area contributed by atoms with Crippen LogP contribution in [0.2, 0.25) is 0 Å². The summed E-state index contributed by atoms with van der Waals surface area (Å²) in [7, 11) is 0. The number of carbonyl (C=O) groups excluding carboxylic acids is 2. The zero-order valence-corrected chi connectivity index (χ0v) is 15.7. The van der Waals surface area contributed by atoms with Gasteiger partial charge in [0.05, 0.1) is 12.2 Å². The Morgan fingerprint density at radius 2 is 1.92 bits per heavy atom. The van der Waals surface area contributed by atoms with Gasteiger partial charge in [0.1, 0.15) is 0 Å². The quantitative estimate of drug-likeness (QED) is 0.625. The standard InChI is InChI=1S/C18H30N6O2/c1-3-12(4-2)17(25)20-16-14-10-24(11-15(14)21-22-16)23-18(26)19-13-8-6-5-7-9-13/h12-13H,3-11H2,1-2H3,(H2,19,23,26)(H2,20,21,22,25). The van der Waals surface area contributed by atoms with E-state index in [1.54, 1.807) is 0 Å². The highest BCUT2D eigenvalue weighted by molar-refractivity contribution is 5.92. The molecule has 0 atom stereocenters. The normalized spacial score (nSPS) is 18.0. The van der Waals surface area contributed by atoms with Crippen molar-refractivity contribution >= 4 is 17.8 Å². The van der Waals surface area contributed by atoms with Crippen molar-refractivity contribution in [2.45, 2.75) is 77.9 Å². The molecule has 0 bridgehead atoms. The van der Waals surface area contributed by atoms with Gasteiger partial charge >= 0.3 is 6.03 Å². The van der Waals surface area contributed by atoms with Gasteiger partial charge in [-0.15, -0.1) is 0 Å². The van der Waals surface area contributed by atoms with E-state index in [1.165, 1.54) is 19.3 Å². The van der Waals surface area contributed by atoms with Crippen molar-refractivity contribution in [2.75, 3.05) is 5.32 Å². The average Bonchev–Trinajstić information content (AvgIpc) is 3.18. The minimum absolute atomic E-state index is 0.000692. The molecule has 2 aliphatic rings. The van der Waals surface area contributed by atoms with E-state index < -0.39 is 0 Å². The molecule has 1 saturated carbocycles. The minimum atomic E-state index is -0.155. The zero-order chi connectivity index (χ0) is 18.5. The molecule has 4 N–H and O–H groups in total. The molecule has 8 nitrogen and oxygen atoms in total. The average molecular weight is 362 g/mol. The third kappa shape index (κ3) is 4.35. The summed E-state index contributed by atoms with van der Waals surface area (Å²) in [6, 6.07) is 0.123. The summed E-state index contributed by atoms with van der Waals surface area (Å²) in [5.41, 5.74) is 4.79. The first-order chi connectivity index (χ1) is 12.6. The van der Waals surface area contributed by atoms with Gasteiger partial charge in [-0.3, -0.25) is 15.3 Å². The molecular weight excluding hydrogens is 332 g/mol. The van der Waals surface area contributed by atoms with Crippen LogP contribution >= 0.6 is 0 Å². The van der Waals surface area contributed by atoms with E-state index in [4.69, 9.17) is 0 Å². The maximum atomic E-state index is 12.3. The minimum Gasteiger partial charge on any atom is -0.334 e. The van der Waals surface area contributed by atoms with Crippen LogP contribution in [0.3, 0.4) is 0 Å². The number of H-pyrrole nitrogens is 1. The van der Waals surface area contributed by atoms with E-state index in [0.717, 1.165) is 36.9 Å². The van der Waals surface area contributed by atoms with Crippen LogP contribution < -0.4 is 16.1 Å². The summed E-state index contributed by atoms with van der Waals surface area (Å²) in [6.45, 7) is 5.11. The fourth-order valence-electron chi connectivity index (χ4n) is 3.81. The highest BCUT2D eigenvalue weighted by Crippen LogP contribution is 2.26. The summed E-state index contributed by atoms with van der Waals surface area (Å²) < 4.78 is 0. The van der Waals surface area contributed by atoms with E-state index >= 15 is 0 Å². The maximum Gasteiger partial charge on any atom is 0.329 e. The van der Waals surface area contributed by atoms with Crippen molar-refractivity contribution in [1.29, 1.82) is 0 Å². The van der Waals surface area contributed by atoms with Crippen LogP contribution in [-0.4, -0.2) is 33.2 Å². The third-order valence-corrected chi connectivity index (χ3v) is 5.45. The Bertz CT molecular complexity index is 634. The largest absolute Gasteiger partial charge is 0.334 e. The maximum absolute atomic E-state index is 12.3. The molecule has 8 heteroatoms. The van der Waals surface area contributed by atoms with E-state index in [1.807, 2.05) is 18.9 Å². The Balaban J connectivity index is 1.52. The van der Waals surface area contributed by atoms with Crippen LogP contribution in [0, 0.1) is 5.92 Å². The number of anilines is 1. The number of hydrogen-bond acceptors (Lipinski definition) is 4. The molecule has 1 aromatic rings. The Kier molecular flexibility index (Phi) is 6.13. The Hall–Kier alpha value is -2.09. The van der Waals surface area contributed by atoms with E-state index in [0.29, 0.717) is 18.9 Å². The molecule has 1 fully saturated rings. The topological polar surface area (TPSA) is 102 Å². The van der Waals surface area contributed by atoms with Gasteiger partial charge in [-0.1, -0.05) is 33.1 Å². The second kappa shape index (κ2) is 8.53. The molecule has 1 aromatic heterocycles. The number of rotatable bonds is 6. The molecule has 144 valence electrons. The zero-order valence-electron chi connectivity index (χ0n) is 15.7. The summed E-state index contributed by atoms with van der Waals surface area (Å²) in [6.07, 6.45) is 7.37. The lowest BCUT2D eigenvalue weighted by Crippen LogP contribution is -2.48. The molecule has 2 heterocycles. The molecule has 0 aromatic carbocycles. The molecular formula is C18H30N6O2. The van der Waals surface area contributed by atoms with E-state index in [-0.39, 0.29) is 23.9 Å². The second-order valence-corrected chi connectivity index (χ2v) is 7.31. The van der Waals surface area contributed by atoms with Gasteiger partial charge in [0.15, 0.2) is 5.82 Å². The lowest BCUT2D eigenvalue weighted by atomic mass is 9.96. The summed E-state index contributed by atoms with van der Waals surface area (Å²) in [4.78, 5) is 24.5. The van der Waals surface area contributed by atoms with Crippen LogP contribution in [0.25, 0.3) is 0 Å². The fraction of sp³-hybridized carbons (Fsp3) is 0.722. The van der Waals surface area contributed by atoms with Gasteiger partial charge in [0.25, 0.3) is 0 Å². The molecule has 3 amide bonds. The SMILES string of the molecule is CCC(CC)C(=O)Nc1n[nH]c2c1CN(NC(=O)NC1CCCCC1)C2. The molecule has 3 rings (SSSR count). The summed E-state index contributed by atoms with van der Waals surface area (Å²) >= 11 is 0. The van der Waals surface area contributed by atoms with Gasteiger partial charge in [0.2, 0.25) is 5.91 Å². The number of nitrogens with one attached hydrogen (secondary N) is 4. The van der Waals surface area contributed by atoms with Crippen molar-refractivity contribution in [3.05, 3.63) is 11.3 Å². The molecule has 0 spiro atoms. The third-order valence-electron chi connectivity index (χ3n) is 5.45. The van der Waals surface area contributed by atoms with E-state index in [9.17, 15) is 9.59 Å². The number of nitrogens with zero attached hydrogens (tertiary/aromatic N) is 2. The number of amides is 3. The van der Waals surface area contributed by atoms with Gasteiger partial charge < -0.3 is 10.6 Å². The molecule has 0 saturated heterocycles. The number of fused-ring (bicyclic) bond motifs is 1. The summed E-state index contributed by atoms with van der Waals surface area (Å²) in [5, 5.41) is 15.0. The number of urea groups is 1. The second-order valence-electron chi connectivity index (χ2n) is 7.31. The van der Waals surface area contributed by atoms with Crippen LogP contribution in [0.15, 0.2) is 0 Å². The molecule has 1 aliphatic heterocycles. The predicted molar refractivity (Wildman–Crippen MR) is 99.1 cm³/mol. The predicted octanol–water partition coefficient (Wildman–Crippen LogP) is 2.65. The fourth-order valence-corrected chi connectivity index (χ4v) is 3.81. The van der Waals surface area contributed by atoms with E-state index in [2.05, 4.69) is 26.3 Å². The van der Waals surface area contributed by atoms with Gasteiger partial charge in [-0.05, 0) is 25.7 Å². The molecule has 26 heavy (non-hydrogen) atoms. The van der Waals surface area contributed by atoms with Crippen molar-refractivity contribution in [2.24, 2.45) is 5.92 Å². The molecule has 0 unspecified atom stereocenters.